The highest BCUT2D eigenvalue weighted by Crippen LogP contribution is 2.34. The molecule has 2 atom stereocenters. The number of hydrogen-bond acceptors (Lipinski definition) is 7. The zero-order valence-electron chi connectivity index (χ0n) is 15.5. The average Bonchev–Trinajstić information content (AvgIpc) is 3.32. The van der Waals surface area contributed by atoms with Crippen LogP contribution in [0.15, 0.2) is 24.4 Å². The number of ether oxygens (including phenoxy) is 1. The summed E-state index contributed by atoms with van der Waals surface area (Å²) in [5.74, 6) is 0.609. The number of likely N-dealkylation sites (tertiary alicyclic amines) is 1. The third kappa shape index (κ3) is 4.16. The van der Waals surface area contributed by atoms with Crippen molar-refractivity contribution < 1.29 is 14.6 Å². The highest BCUT2D eigenvalue weighted by Gasteiger charge is 2.35. The molecule has 2 fully saturated rings. The second kappa shape index (κ2) is 8.34. The molecule has 4 rings (SSSR count). The lowest BCUT2D eigenvalue weighted by atomic mass is 10.1. The maximum Gasteiger partial charge on any atom is 0.242 e. The molecule has 2 saturated heterocycles. The molecule has 7 nitrogen and oxygen atoms in total. The van der Waals surface area contributed by atoms with Gasteiger partial charge in [-0.1, -0.05) is 11.6 Å². The van der Waals surface area contributed by atoms with Gasteiger partial charge in [0.2, 0.25) is 5.91 Å². The van der Waals surface area contributed by atoms with Crippen LogP contribution in [0.4, 0.5) is 5.00 Å². The molecule has 3 N–H and O–H groups in total. The van der Waals surface area contributed by atoms with E-state index in [0.29, 0.717) is 23.9 Å². The van der Waals surface area contributed by atoms with Gasteiger partial charge in [0.1, 0.15) is 23.1 Å². The van der Waals surface area contributed by atoms with Gasteiger partial charge in [-0.05, 0) is 38.4 Å². The Kier molecular flexibility index (Phi) is 5.84. The first kappa shape index (κ1) is 19.6. The maximum atomic E-state index is 12.2. The molecule has 0 aliphatic carbocycles. The first-order chi connectivity index (χ1) is 13.5. The quantitative estimate of drug-likeness (QED) is 0.663. The first-order valence-corrected chi connectivity index (χ1v) is 10.5. The Balaban J connectivity index is 1.29. The number of carbonyl (C=O) groups excluding carboxylic acids is 1. The highest BCUT2D eigenvalue weighted by atomic mass is 35.5. The van der Waals surface area contributed by atoms with E-state index < -0.39 is 6.23 Å². The highest BCUT2D eigenvalue weighted by molar-refractivity contribution is 7.16. The number of hydrogen-bond donors (Lipinski definition) is 3. The molecule has 28 heavy (non-hydrogen) atoms. The number of halogens is 1. The van der Waals surface area contributed by atoms with E-state index in [-0.39, 0.29) is 18.1 Å². The molecular weight excluding hydrogens is 400 g/mol. The minimum absolute atomic E-state index is 0.0117. The van der Waals surface area contributed by atoms with E-state index in [1.165, 1.54) is 11.3 Å². The van der Waals surface area contributed by atoms with Gasteiger partial charge in [-0.3, -0.25) is 14.7 Å². The predicted molar refractivity (Wildman–Crippen MR) is 109 cm³/mol. The molecule has 0 bridgehead atoms. The minimum Gasteiger partial charge on any atom is -0.486 e. The molecule has 4 heterocycles. The second-order valence-corrected chi connectivity index (χ2v) is 8.61. The lowest BCUT2D eigenvalue weighted by molar-refractivity contribution is -0.117. The van der Waals surface area contributed by atoms with E-state index in [4.69, 9.17) is 16.3 Å². The van der Waals surface area contributed by atoms with Crippen molar-refractivity contribution >= 4 is 33.8 Å². The zero-order chi connectivity index (χ0) is 19.7. The van der Waals surface area contributed by atoms with Crippen LogP contribution >= 0.6 is 22.9 Å². The monoisotopic (exact) mass is 422 g/mol. The maximum absolute atomic E-state index is 12.2. The summed E-state index contributed by atoms with van der Waals surface area (Å²) in [5.41, 5.74) is 0.733. The molecule has 0 spiro atoms. The molecule has 150 valence electrons. The summed E-state index contributed by atoms with van der Waals surface area (Å²) in [5, 5.41) is 18.0. The van der Waals surface area contributed by atoms with Gasteiger partial charge in [0, 0.05) is 25.4 Å². The molecule has 2 aliphatic heterocycles. The van der Waals surface area contributed by atoms with E-state index in [0.717, 1.165) is 35.0 Å². The number of carbonyl (C=O) groups is 1. The number of aliphatic hydroxyl groups is 1. The topological polar surface area (TPSA) is 86.7 Å². The second-order valence-electron chi connectivity index (χ2n) is 7.12. The molecule has 0 saturated carbocycles. The molecule has 2 aromatic rings. The van der Waals surface area contributed by atoms with E-state index in [9.17, 15) is 9.90 Å². The van der Waals surface area contributed by atoms with Crippen molar-refractivity contribution in [1.29, 1.82) is 0 Å². The van der Waals surface area contributed by atoms with Crippen molar-refractivity contribution in [2.24, 2.45) is 0 Å². The first-order valence-electron chi connectivity index (χ1n) is 9.35. The van der Waals surface area contributed by atoms with Crippen molar-refractivity contribution in [3.8, 4) is 5.75 Å². The van der Waals surface area contributed by atoms with Crippen molar-refractivity contribution in [1.82, 2.24) is 15.2 Å². The third-order valence-electron chi connectivity index (χ3n) is 5.05. The van der Waals surface area contributed by atoms with E-state index in [2.05, 4.69) is 15.6 Å². The van der Waals surface area contributed by atoms with E-state index in [1.807, 2.05) is 24.0 Å². The number of aryl methyl sites for hydroxylation is 1. The Hall–Kier alpha value is -1.71. The standard InChI is InChI=1S/C19H23ClN4O3S/c1-11-17(20)14(6-8-21-11)27-12-9-24(10-12)19(26)15-4-5-16(28-15)23-18(25)13-3-2-7-22-13/h4-6,8,12-13,19,22,26H,2-3,7,9-10H2,1H3,(H,23,25). The Morgan fingerprint density at radius 2 is 2.29 bits per heavy atom. The van der Waals surface area contributed by atoms with Crippen molar-refractivity contribution in [3.05, 3.63) is 40.0 Å². The van der Waals surface area contributed by atoms with Gasteiger partial charge in [0.15, 0.2) is 0 Å². The number of aliphatic hydroxyl groups excluding tert-OH is 1. The SMILES string of the molecule is Cc1nccc(OC2CN(C(O)c3ccc(NC(=O)C4CCCN4)s3)C2)c1Cl. The largest absolute Gasteiger partial charge is 0.486 e. The Labute approximate surface area is 172 Å². The molecule has 0 aromatic carbocycles. The van der Waals surface area contributed by atoms with Gasteiger partial charge in [-0.15, -0.1) is 11.3 Å². The van der Waals surface area contributed by atoms with Crippen LogP contribution in [0.5, 0.6) is 5.75 Å². The van der Waals surface area contributed by atoms with Gasteiger partial charge >= 0.3 is 0 Å². The van der Waals surface area contributed by atoms with E-state index in [1.54, 1.807) is 12.3 Å². The molecule has 1 amide bonds. The minimum atomic E-state index is -0.713. The lowest BCUT2D eigenvalue weighted by Crippen LogP contribution is -2.54. The summed E-state index contributed by atoms with van der Waals surface area (Å²) in [7, 11) is 0. The van der Waals surface area contributed by atoms with Crippen LogP contribution in [-0.4, -0.2) is 52.7 Å². The fourth-order valence-corrected chi connectivity index (χ4v) is 4.48. The molecule has 9 heteroatoms. The van der Waals surface area contributed by atoms with Crippen LogP contribution in [0.2, 0.25) is 5.02 Å². The van der Waals surface area contributed by atoms with Crippen molar-refractivity contribution in [2.45, 2.75) is 38.1 Å². The predicted octanol–water partition coefficient (Wildman–Crippen LogP) is 2.55. The van der Waals surface area contributed by atoms with Crippen LogP contribution in [0.1, 0.15) is 29.6 Å². The Morgan fingerprint density at radius 1 is 1.46 bits per heavy atom. The van der Waals surface area contributed by atoms with Gasteiger partial charge in [-0.2, -0.15) is 0 Å². The number of pyridine rings is 1. The summed E-state index contributed by atoms with van der Waals surface area (Å²) in [4.78, 5) is 19.0. The fourth-order valence-electron chi connectivity index (χ4n) is 3.39. The smallest absolute Gasteiger partial charge is 0.242 e. The molecule has 0 radical (unpaired) electrons. The fraction of sp³-hybridized carbons (Fsp3) is 0.474. The van der Waals surface area contributed by atoms with Crippen LogP contribution in [0, 0.1) is 6.92 Å². The average molecular weight is 423 g/mol. The molecular formula is C19H23ClN4O3S. The van der Waals surface area contributed by atoms with Crippen LogP contribution in [0.3, 0.4) is 0 Å². The summed E-state index contributed by atoms with van der Waals surface area (Å²) < 4.78 is 5.91. The number of aromatic nitrogens is 1. The normalized spacial score (nSPS) is 21.3. The summed E-state index contributed by atoms with van der Waals surface area (Å²) >= 11 is 7.61. The summed E-state index contributed by atoms with van der Waals surface area (Å²) in [6.45, 7) is 3.92. The number of nitrogens with zero attached hydrogens (tertiary/aromatic N) is 2. The number of rotatable bonds is 6. The van der Waals surface area contributed by atoms with Crippen molar-refractivity contribution in [2.75, 3.05) is 25.0 Å². The number of thiophene rings is 1. The number of nitrogens with one attached hydrogen (secondary N) is 2. The van der Waals surface area contributed by atoms with Crippen LogP contribution in [0.25, 0.3) is 0 Å². The molecule has 2 aliphatic rings. The molecule has 2 aromatic heterocycles. The Morgan fingerprint density at radius 3 is 3.04 bits per heavy atom. The zero-order valence-corrected chi connectivity index (χ0v) is 17.1. The van der Waals surface area contributed by atoms with Crippen molar-refractivity contribution in [3.63, 3.8) is 0 Å². The van der Waals surface area contributed by atoms with Crippen LogP contribution in [-0.2, 0) is 4.79 Å². The summed E-state index contributed by atoms with van der Waals surface area (Å²) in [6.07, 6.45) is 2.82. The lowest BCUT2D eigenvalue weighted by Gasteiger charge is -2.41. The number of amides is 1. The van der Waals surface area contributed by atoms with Gasteiger partial charge in [-0.25, -0.2) is 0 Å². The Bertz CT molecular complexity index is 849. The molecule has 2 unspecified atom stereocenters. The third-order valence-corrected chi connectivity index (χ3v) is 6.55. The van der Waals surface area contributed by atoms with Gasteiger partial charge in [0.25, 0.3) is 0 Å². The summed E-state index contributed by atoms with van der Waals surface area (Å²) in [6, 6.07) is 5.32. The van der Waals surface area contributed by atoms with Gasteiger partial charge < -0.3 is 20.5 Å². The van der Waals surface area contributed by atoms with Gasteiger partial charge in [0.05, 0.1) is 21.6 Å². The number of anilines is 1. The van der Waals surface area contributed by atoms with E-state index >= 15 is 0 Å². The van der Waals surface area contributed by atoms with Crippen LogP contribution < -0.4 is 15.4 Å².